The zero-order valence-corrected chi connectivity index (χ0v) is 18.6. The van der Waals surface area contributed by atoms with E-state index in [0.29, 0.717) is 5.92 Å². The number of hydrogen-bond donors (Lipinski definition) is 1. The molecule has 2 aliphatic rings. The summed E-state index contributed by atoms with van der Waals surface area (Å²) in [6, 6.07) is 2.99. The van der Waals surface area contributed by atoms with Crippen LogP contribution in [0.2, 0.25) is 0 Å². The number of rotatable bonds is 6. The Bertz CT molecular complexity index is 916. The minimum Gasteiger partial charge on any atom is -0.449 e. The van der Waals surface area contributed by atoms with Gasteiger partial charge in [0.1, 0.15) is 5.82 Å². The Morgan fingerprint density at radius 2 is 1.90 bits per heavy atom. The van der Waals surface area contributed by atoms with Crippen LogP contribution >= 0.6 is 0 Å². The molecule has 1 aromatic carbocycles. The molecular weight excluding hydrogens is 427 g/mol. The summed E-state index contributed by atoms with van der Waals surface area (Å²) in [5, 5.41) is 2.89. The topological polar surface area (TPSA) is 102 Å². The number of hydrogen-bond acceptors (Lipinski definition) is 6. The minimum absolute atomic E-state index is 0.0149. The van der Waals surface area contributed by atoms with Crippen LogP contribution < -0.4 is 5.32 Å². The zero-order chi connectivity index (χ0) is 22.6. The van der Waals surface area contributed by atoms with Gasteiger partial charge in [-0.05, 0) is 43.9 Å². The number of ether oxygens (including phenoxy) is 2. The van der Waals surface area contributed by atoms with Crippen molar-refractivity contribution in [3.05, 3.63) is 29.6 Å². The standard InChI is InChI=1S/C21H29FN2O6S/c1-14-5-3-4-6-19(14)23-20(25)15(2)30-21(26)17-13-16(7-8-18(17)22)31(27,28)24-9-11-29-12-10-24/h7-8,13-15,19H,3-6,9-12H2,1-2H3,(H,23,25)/t14-,15+,19-/m0/s1. The first-order chi connectivity index (χ1) is 14.7. The first-order valence-electron chi connectivity index (χ1n) is 10.6. The van der Waals surface area contributed by atoms with Crippen LogP contribution in [0.15, 0.2) is 23.1 Å². The second-order valence-corrected chi connectivity index (χ2v) is 10.0. The molecule has 1 amide bonds. The summed E-state index contributed by atoms with van der Waals surface area (Å²) in [6.45, 7) is 4.36. The highest BCUT2D eigenvalue weighted by atomic mass is 32.2. The second-order valence-electron chi connectivity index (χ2n) is 8.08. The molecule has 8 nitrogen and oxygen atoms in total. The molecule has 172 valence electrons. The van der Waals surface area contributed by atoms with Gasteiger partial charge in [-0.2, -0.15) is 4.31 Å². The van der Waals surface area contributed by atoms with Crippen molar-refractivity contribution in [2.75, 3.05) is 26.3 Å². The lowest BCUT2D eigenvalue weighted by Crippen LogP contribution is -2.46. The van der Waals surface area contributed by atoms with Gasteiger partial charge in [0.05, 0.1) is 23.7 Å². The molecule has 0 aromatic heterocycles. The summed E-state index contributed by atoms with van der Waals surface area (Å²) in [5.41, 5.74) is -0.528. The fourth-order valence-electron chi connectivity index (χ4n) is 3.87. The summed E-state index contributed by atoms with van der Waals surface area (Å²) in [4.78, 5) is 24.8. The average Bonchev–Trinajstić information content (AvgIpc) is 2.76. The van der Waals surface area contributed by atoms with E-state index in [9.17, 15) is 22.4 Å². The number of nitrogens with one attached hydrogen (secondary N) is 1. The third-order valence-electron chi connectivity index (χ3n) is 5.86. The quantitative estimate of drug-likeness (QED) is 0.658. The molecule has 1 aromatic rings. The molecular formula is C21H29FN2O6S. The summed E-state index contributed by atoms with van der Waals surface area (Å²) in [7, 11) is -3.91. The van der Waals surface area contributed by atoms with Gasteiger partial charge in [-0.3, -0.25) is 4.79 Å². The third kappa shape index (κ3) is 5.61. The van der Waals surface area contributed by atoms with E-state index < -0.39 is 39.4 Å². The molecule has 1 heterocycles. The van der Waals surface area contributed by atoms with Crippen LogP contribution in [0.4, 0.5) is 4.39 Å². The lowest BCUT2D eigenvalue weighted by molar-refractivity contribution is -0.130. The fraction of sp³-hybridized carbons (Fsp3) is 0.619. The molecule has 0 radical (unpaired) electrons. The first-order valence-corrected chi connectivity index (χ1v) is 12.0. The molecule has 2 fully saturated rings. The Labute approximate surface area is 182 Å². The predicted octanol–water partition coefficient (Wildman–Crippen LogP) is 2.09. The molecule has 31 heavy (non-hydrogen) atoms. The van der Waals surface area contributed by atoms with E-state index in [2.05, 4.69) is 12.2 Å². The first kappa shape index (κ1) is 23.6. The number of amides is 1. The van der Waals surface area contributed by atoms with Crippen LogP contribution in [-0.4, -0.2) is 63.0 Å². The SMILES string of the molecule is C[C@@H](OC(=O)c1cc(S(=O)(=O)N2CCOCC2)ccc1F)C(=O)N[C@H]1CCCC[C@@H]1C. The Hall–Kier alpha value is -2.04. The van der Waals surface area contributed by atoms with E-state index in [1.807, 2.05) is 0 Å². The highest BCUT2D eigenvalue weighted by Gasteiger charge is 2.30. The van der Waals surface area contributed by atoms with Crippen molar-refractivity contribution in [1.29, 1.82) is 0 Å². The fourth-order valence-corrected chi connectivity index (χ4v) is 5.30. The molecule has 3 atom stereocenters. The van der Waals surface area contributed by atoms with Gasteiger partial charge in [-0.25, -0.2) is 17.6 Å². The molecule has 1 saturated carbocycles. The van der Waals surface area contributed by atoms with E-state index in [4.69, 9.17) is 9.47 Å². The number of morpholine rings is 1. The normalized spacial score (nSPS) is 23.7. The molecule has 1 aliphatic heterocycles. The van der Waals surface area contributed by atoms with Crippen molar-refractivity contribution >= 4 is 21.9 Å². The van der Waals surface area contributed by atoms with Crippen LogP contribution in [0, 0.1) is 11.7 Å². The van der Waals surface area contributed by atoms with E-state index in [1.165, 1.54) is 11.2 Å². The van der Waals surface area contributed by atoms with E-state index in [1.54, 1.807) is 0 Å². The van der Waals surface area contributed by atoms with Crippen molar-refractivity contribution < 1.29 is 31.9 Å². The summed E-state index contributed by atoms with van der Waals surface area (Å²) < 4.78 is 51.4. The van der Waals surface area contributed by atoms with E-state index >= 15 is 0 Å². The van der Waals surface area contributed by atoms with Gasteiger partial charge in [-0.15, -0.1) is 0 Å². The van der Waals surface area contributed by atoms with Crippen LogP contribution in [0.25, 0.3) is 0 Å². The average molecular weight is 457 g/mol. The molecule has 3 rings (SSSR count). The molecule has 10 heteroatoms. The number of benzene rings is 1. The van der Waals surface area contributed by atoms with Gasteiger partial charge in [0, 0.05) is 19.1 Å². The molecule has 1 saturated heterocycles. The third-order valence-corrected chi connectivity index (χ3v) is 7.75. The van der Waals surface area contributed by atoms with Crippen molar-refractivity contribution in [3.8, 4) is 0 Å². The summed E-state index contributed by atoms with van der Waals surface area (Å²) >= 11 is 0. The van der Waals surface area contributed by atoms with Gasteiger partial charge in [0.25, 0.3) is 5.91 Å². The zero-order valence-electron chi connectivity index (χ0n) is 17.8. The van der Waals surface area contributed by atoms with Gasteiger partial charge >= 0.3 is 5.97 Å². The van der Waals surface area contributed by atoms with Gasteiger partial charge < -0.3 is 14.8 Å². The summed E-state index contributed by atoms with van der Waals surface area (Å²) in [5.74, 6) is -2.12. The van der Waals surface area contributed by atoms with Gasteiger partial charge in [-0.1, -0.05) is 19.8 Å². The lowest BCUT2D eigenvalue weighted by atomic mass is 9.86. The number of carbonyl (C=O) groups excluding carboxylic acids is 2. The maximum absolute atomic E-state index is 14.3. The Balaban J connectivity index is 1.69. The number of sulfonamides is 1. The minimum atomic E-state index is -3.91. The molecule has 1 aliphatic carbocycles. The highest BCUT2D eigenvalue weighted by Crippen LogP contribution is 2.24. The lowest BCUT2D eigenvalue weighted by Gasteiger charge is -2.30. The predicted molar refractivity (Wildman–Crippen MR) is 110 cm³/mol. The largest absolute Gasteiger partial charge is 0.449 e. The number of carbonyl (C=O) groups is 2. The Morgan fingerprint density at radius 1 is 1.23 bits per heavy atom. The molecule has 1 N–H and O–H groups in total. The number of nitrogens with zero attached hydrogens (tertiary/aromatic N) is 1. The number of esters is 1. The second kappa shape index (κ2) is 10.1. The van der Waals surface area contributed by atoms with Crippen molar-refractivity contribution in [1.82, 2.24) is 9.62 Å². The Kier molecular flexibility index (Phi) is 7.66. The maximum atomic E-state index is 14.3. The van der Waals surface area contributed by atoms with Gasteiger partial charge in [0.2, 0.25) is 10.0 Å². The van der Waals surface area contributed by atoms with Crippen LogP contribution in [0.1, 0.15) is 49.9 Å². The van der Waals surface area contributed by atoms with Crippen LogP contribution in [-0.2, 0) is 24.3 Å². The Morgan fingerprint density at radius 3 is 2.58 bits per heavy atom. The molecule has 0 bridgehead atoms. The number of halogens is 1. The van der Waals surface area contributed by atoms with Crippen LogP contribution in [0.5, 0.6) is 0 Å². The van der Waals surface area contributed by atoms with E-state index in [0.717, 1.165) is 43.9 Å². The van der Waals surface area contributed by atoms with Gasteiger partial charge in [0.15, 0.2) is 6.10 Å². The monoisotopic (exact) mass is 456 g/mol. The van der Waals surface area contributed by atoms with Crippen molar-refractivity contribution in [2.24, 2.45) is 5.92 Å². The van der Waals surface area contributed by atoms with E-state index in [-0.39, 0.29) is 37.2 Å². The molecule has 0 unspecified atom stereocenters. The maximum Gasteiger partial charge on any atom is 0.341 e. The highest BCUT2D eigenvalue weighted by molar-refractivity contribution is 7.89. The van der Waals surface area contributed by atoms with Crippen molar-refractivity contribution in [3.63, 3.8) is 0 Å². The van der Waals surface area contributed by atoms with Crippen LogP contribution in [0.3, 0.4) is 0 Å². The summed E-state index contributed by atoms with van der Waals surface area (Å²) in [6.07, 6.45) is 2.90. The smallest absolute Gasteiger partial charge is 0.341 e. The van der Waals surface area contributed by atoms with Crippen molar-refractivity contribution in [2.45, 2.75) is 56.6 Å². The molecule has 0 spiro atoms.